The minimum Gasteiger partial charge on any atom is -0.451 e. The molecule has 0 saturated heterocycles. The van der Waals surface area contributed by atoms with Gasteiger partial charge in [0.1, 0.15) is 6.67 Å². The molecule has 0 bridgehead atoms. The van der Waals surface area contributed by atoms with Crippen LogP contribution >= 0.6 is 0 Å². The van der Waals surface area contributed by atoms with Crippen LogP contribution in [0.4, 0.5) is 17.6 Å². The highest BCUT2D eigenvalue weighted by Gasteiger charge is 2.36. The van der Waals surface area contributed by atoms with Crippen LogP contribution in [0.15, 0.2) is 41.7 Å². The summed E-state index contributed by atoms with van der Waals surface area (Å²) in [4.78, 5) is 3.56. The maximum atomic E-state index is 13.6. The first kappa shape index (κ1) is 14.1. The fourth-order valence-corrected chi connectivity index (χ4v) is 1.51. The van der Waals surface area contributed by atoms with Crippen LogP contribution in [0.25, 0.3) is 6.08 Å². The van der Waals surface area contributed by atoms with E-state index in [1.807, 2.05) is 0 Å². The van der Waals surface area contributed by atoms with Crippen LogP contribution in [0.2, 0.25) is 0 Å². The van der Waals surface area contributed by atoms with Crippen molar-refractivity contribution >= 4 is 12.3 Å². The highest BCUT2D eigenvalue weighted by molar-refractivity contribution is 5.77. The Bertz CT molecular complexity index is 578. The summed E-state index contributed by atoms with van der Waals surface area (Å²) < 4.78 is 56.2. The van der Waals surface area contributed by atoms with Crippen LogP contribution in [0.5, 0.6) is 5.75 Å². The van der Waals surface area contributed by atoms with Crippen LogP contribution in [-0.2, 0) is 0 Å². The van der Waals surface area contributed by atoms with Gasteiger partial charge in [-0.25, -0.2) is 4.39 Å². The summed E-state index contributed by atoms with van der Waals surface area (Å²) in [5.41, 5.74) is 0.540. The third-order valence-corrected chi connectivity index (χ3v) is 2.48. The molecular formula is C13H10F4N2O. The SMILES string of the molecule is C=Cc1ccc(OC2=CN(C(F)(F)F)CN=C2)c(F)c1. The van der Waals surface area contributed by atoms with Crippen LogP contribution in [-0.4, -0.2) is 24.1 Å². The van der Waals surface area contributed by atoms with E-state index in [2.05, 4.69) is 11.6 Å². The molecule has 1 aromatic rings. The first-order chi connectivity index (χ1) is 9.40. The molecule has 3 nitrogen and oxygen atoms in total. The standard InChI is InChI=1S/C13H10F4N2O/c1-2-9-3-4-12(11(14)5-9)20-10-6-18-8-19(7-10)13(15,16)17/h2-7H,1,8H2. The number of ether oxygens (including phenoxy) is 1. The zero-order valence-corrected chi connectivity index (χ0v) is 10.2. The second-order valence-electron chi connectivity index (χ2n) is 3.92. The molecule has 0 unspecified atom stereocenters. The van der Waals surface area contributed by atoms with Gasteiger partial charge in [0.25, 0.3) is 0 Å². The summed E-state index contributed by atoms with van der Waals surface area (Å²) in [6, 6.07) is 4.02. The number of alkyl halides is 3. The molecule has 0 radical (unpaired) electrons. The van der Waals surface area contributed by atoms with E-state index in [0.717, 1.165) is 12.4 Å². The topological polar surface area (TPSA) is 24.8 Å². The number of halogens is 4. The quantitative estimate of drug-likeness (QED) is 0.627. The first-order valence-electron chi connectivity index (χ1n) is 5.55. The first-order valence-corrected chi connectivity index (χ1v) is 5.55. The zero-order valence-electron chi connectivity index (χ0n) is 10.2. The molecule has 20 heavy (non-hydrogen) atoms. The third kappa shape index (κ3) is 3.17. The Morgan fingerprint density at radius 3 is 2.70 bits per heavy atom. The minimum absolute atomic E-state index is 0.0400. The van der Waals surface area contributed by atoms with Crippen molar-refractivity contribution in [3.63, 3.8) is 0 Å². The Balaban J connectivity index is 2.19. The largest absolute Gasteiger partial charge is 0.486 e. The lowest BCUT2D eigenvalue weighted by molar-refractivity contribution is -0.227. The van der Waals surface area contributed by atoms with E-state index in [1.54, 1.807) is 0 Å². The molecule has 106 valence electrons. The van der Waals surface area contributed by atoms with Gasteiger partial charge in [0.2, 0.25) is 0 Å². The molecule has 0 atom stereocenters. The van der Waals surface area contributed by atoms with Crippen molar-refractivity contribution in [2.24, 2.45) is 4.99 Å². The van der Waals surface area contributed by atoms with Gasteiger partial charge in [-0.3, -0.25) is 9.89 Å². The van der Waals surface area contributed by atoms with Gasteiger partial charge in [-0.1, -0.05) is 18.7 Å². The second-order valence-corrected chi connectivity index (χ2v) is 3.92. The molecule has 1 aliphatic heterocycles. The van der Waals surface area contributed by atoms with E-state index >= 15 is 0 Å². The number of hydrogen-bond acceptors (Lipinski definition) is 3. The number of rotatable bonds is 3. The van der Waals surface area contributed by atoms with E-state index in [1.165, 1.54) is 24.3 Å². The Labute approximate surface area is 112 Å². The molecule has 1 aliphatic rings. The van der Waals surface area contributed by atoms with Gasteiger partial charge in [0.05, 0.1) is 12.4 Å². The molecule has 0 N–H and O–H groups in total. The molecule has 0 aliphatic carbocycles. The van der Waals surface area contributed by atoms with Crippen molar-refractivity contribution in [1.82, 2.24) is 4.90 Å². The zero-order chi connectivity index (χ0) is 14.8. The molecular weight excluding hydrogens is 276 g/mol. The average Bonchev–Trinajstić information content (AvgIpc) is 2.40. The Hall–Kier alpha value is -2.31. The summed E-state index contributed by atoms with van der Waals surface area (Å²) in [6.07, 6.45) is -1.27. The Morgan fingerprint density at radius 2 is 2.10 bits per heavy atom. The van der Waals surface area contributed by atoms with Crippen LogP contribution in [0.1, 0.15) is 5.56 Å². The maximum absolute atomic E-state index is 13.6. The summed E-state index contributed by atoms with van der Waals surface area (Å²) in [5.74, 6) is -1.07. The predicted molar refractivity (Wildman–Crippen MR) is 66.5 cm³/mol. The highest BCUT2D eigenvalue weighted by Crippen LogP contribution is 2.26. The summed E-state index contributed by atoms with van der Waals surface area (Å²) >= 11 is 0. The van der Waals surface area contributed by atoms with Crippen molar-refractivity contribution < 1.29 is 22.3 Å². The summed E-state index contributed by atoms with van der Waals surface area (Å²) in [7, 11) is 0. The van der Waals surface area contributed by atoms with Crippen molar-refractivity contribution in [3.05, 3.63) is 48.1 Å². The molecule has 1 aromatic carbocycles. The van der Waals surface area contributed by atoms with E-state index < -0.39 is 18.8 Å². The summed E-state index contributed by atoms with van der Waals surface area (Å²) in [6.45, 7) is 2.94. The number of allylic oxidation sites excluding steroid dienone is 1. The minimum atomic E-state index is -4.56. The lowest BCUT2D eigenvalue weighted by atomic mass is 10.2. The van der Waals surface area contributed by atoms with E-state index in [4.69, 9.17) is 4.74 Å². The predicted octanol–water partition coefficient (Wildman–Crippen LogP) is 3.55. The van der Waals surface area contributed by atoms with Gasteiger partial charge in [-0.05, 0) is 17.7 Å². The highest BCUT2D eigenvalue weighted by atomic mass is 19.4. The van der Waals surface area contributed by atoms with Gasteiger partial charge >= 0.3 is 6.30 Å². The fourth-order valence-electron chi connectivity index (χ4n) is 1.51. The van der Waals surface area contributed by atoms with E-state index in [9.17, 15) is 17.6 Å². The van der Waals surface area contributed by atoms with Crippen molar-refractivity contribution in [2.75, 3.05) is 6.67 Å². The molecule has 0 aromatic heterocycles. The Morgan fingerprint density at radius 1 is 1.35 bits per heavy atom. The summed E-state index contributed by atoms with van der Waals surface area (Å²) in [5, 5.41) is 0. The number of nitrogens with zero attached hydrogens (tertiary/aromatic N) is 2. The third-order valence-electron chi connectivity index (χ3n) is 2.48. The Kier molecular flexibility index (Phi) is 3.78. The molecule has 0 spiro atoms. The van der Waals surface area contributed by atoms with Gasteiger partial charge in [-0.2, -0.15) is 13.2 Å². The fraction of sp³-hybridized carbons (Fsp3) is 0.154. The van der Waals surface area contributed by atoms with E-state index in [0.29, 0.717) is 5.56 Å². The van der Waals surface area contributed by atoms with Gasteiger partial charge in [0.15, 0.2) is 17.3 Å². The molecule has 2 rings (SSSR count). The van der Waals surface area contributed by atoms with Crippen LogP contribution in [0, 0.1) is 5.82 Å². The molecule has 0 amide bonds. The monoisotopic (exact) mass is 286 g/mol. The van der Waals surface area contributed by atoms with Gasteiger partial charge in [0, 0.05) is 0 Å². The number of aliphatic imine (C=N–C) groups is 1. The molecule has 0 fully saturated rings. The van der Waals surface area contributed by atoms with Crippen molar-refractivity contribution in [1.29, 1.82) is 0 Å². The van der Waals surface area contributed by atoms with Gasteiger partial charge in [-0.15, -0.1) is 0 Å². The average molecular weight is 286 g/mol. The van der Waals surface area contributed by atoms with Gasteiger partial charge < -0.3 is 4.74 Å². The molecule has 7 heteroatoms. The van der Waals surface area contributed by atoms with Crippen LogP contribution in [0.3, 0.4) is 0 Å². The lowest BCUT2D eigenvalue weighted by Crippen LogP contribution is -2.36. The van der Waals surface area contributed by atoms with Crippen molar-refractivity contribution in [3.8, 4) is 5.75 Å². The lowest BCUT2D eigenvalue weighted by Gasteiger charge is -2.24. The van der Waals surface area contributed by atoms with Crippen LogP contribution < -0.4 is 4.74 Å². The second kappa shape index (κ2) is 5.36. The number of hydrogen-bond donors (Lipinski definition) is 0. The smallest absolute Gasteiger partial charge is 0.451 e. The number of benzene rings is 1. The van der Waals surface area contributed by atoms with E-state index in [-0.39, 0.29) is 16.4 Å². The van der Waals surface area contributed by atoms with Crippen molar-refractivity contribution in [2.45, 2.75) is 6.30 Å². The molecule has 0 saturated carbocycles. The molecule has 1 heterocycles. The normalized spacial score (nSPS) is 15.0. The maximum Gasteiger partial charge on any atom is 0.486 e.